The number of fused-ring (bicyclic) bond motifs is 1. The Hall–Kier alpha value is -2.85. The van der Waals surface area contributed by atoms with E-state index in [1.807, 2.05) is 18.2 Å². The van der Waals surface area contributed by atoms with Gasteiger partial charge < -0.3 is 15.0 Å². The lowest BCUT2D eigenvalue weighted by Gasteiger charge is -2.25. The molecule has 0 saturated carbocycles. The number of nitrogens with zero attached hydrogens (tertiary/aromatic N) is 2. The number of benzene rings is 1. The number of hydrogen-bond acceptors (Lipinski definition) is 5. The fourth-order valence-electron chi connectivity index (χ4n) is 2.85. The number of para-hydroxylation sites is 1. The zero-order valence-electron chi connectivity index (χ0n) is 14.6. The second kappa shape index (κ2) is 7.58. The molecule has 0 aliphatic carbocycles. The fraction of sp³-hybridized carbons (Fsp3) is 0.316. The molecule has 1 aromatic carbocycles. The maximum Gasteiger partial charge on any atom is 0.265 e. The van der Waals surface area contributed by atoms with Gasteiger partial charge >= 0.3 is 0 Å². The van der Waals surface area contributed by atoms with Crippen molar-refractivity contribution in [3.8, 4) is 11.8 Å². The summed E-state index contributed by atoms with van der Waals surface area (Å²) in [6.45, 7) is 4.28. The molecule has 7 heteroatoms. The molecule has 0 radical (unpaired) electrons. The van der Waals surface area contributed by atoms with Gasteiger partial charge in [-0.2, -0.15) is 5.26 Å². The molecule has 134 valence electrons. The standard InChI is InChI=1S/C19H19N3O3S/c1-12(25-14-6-4-3-5-7-14)18(24)21-19-16(10-20)15-8-9-22(13(2)23)11-17(15)26-19/h3-7,12H,8-9,11H2,1-2H3,(H,21,24). The molecule has 6 nitrogen and oxygen atoms in total. The number of ether oxygens (including phenoxy) is 1. The Morgan fingerprint density at radius 3 is 2.73 bits per heavy atom. The van der Waals surface area contributed by atoms with Crippen LogP contribution in [-0.4, -0.2) is 29.4 Å². The van der Waals surface area contributed by atoms with Gasteiger partial charge in [0.15, 0.2) is 6.10 Å². The van der Waals surface area contributed by atoms with E-state index in [4.69, 9.17) is 4.74 Å². The van der Waals surface area contributed by atoms with Crippen molar-refractivity contribution in [2.45, 2.75) is 32.9 Å². The van der Waals surface area contributed by atoms with Gasteiger partial charge in [0.05, 0.1) is 12.1 Å². The minimum Gasteiger partial charge on any atom is -0.481 e. The van der Waals surface area contributed by atoms with E-state index < -0.39 is 6.10 Å². The smallest absolute Gasteiger partial charge is 0.265 e. The predicted molar refractivity (Wildman–Crippen MR) is 99.0 cm³/mol. The summed E-state index contributed by atoms with van der Waals surface area (Å²) in [5.41, 5.74) is 1.43. The molecule has 0 spiro atoms. The van der Waals surface area contributed by atoms with E-state index in [9.17, 15) is 14.9 Å². The third-order valence-electron chi connectivity index (χ3n) is 4.28. The number of carbonyl (C=O) groups is 2. The number of nitriles is 1. The highest BCUT2D eigenvalue weighted by atomic mass is 32.1. The number of hydrogen-bond donors (Lipinski definition) is 1. The summed E-state index contributed by atoms with van der Waals surface area (Å²) < 4.78 is 5.63. The normalized spacial score (nSPS) is 14.1. The zero-order valence-corrected chi connectivity index (χ0v) is 15.4. The van der Waals surface area contributed by atoms with Crippen molar-refractivity contribution in [3.05, 3.63) is 46.3 Å². The van der Waals surface area contributed by atoms with Gasteiger partial charge in [-0.15, -0.1) is 11.3 Å². The number of anilines is 1. The monoisotopic (exact) mass is 369 g/mol. The lowest BCUT2D eigenvalue weighted by atomic mass is 10.0. The maximum atomic E-state index is 12.5. The summed E-state index contributed by atoms with van der Waals surface area (Å²) in [5, 5.41) is 12.9. The number of rotatable bonds is 4. The molecule has 0 fully saturated rings. The van der Waals surface area contributed by atoms with Crippen molar-refractivity contribution in [1.29, 1.82) is 5.26 Å². The summed E-state index contributed by atoms with van der Waals surface area (Å²) >= 11 is 1.36. The Morgan fingerprint density at radius 2 is 2.08 bits per heavy atom. The van der Waals surface area contributed by atoms with E-state index >= 15 is 0 Å². The molecule has 0 bridgehead atoms. The first-order valence-corrected chi connectivity index (χ1v) is 9.14. The molecule has 1 N–H and O–H groups in total. The first kappa shape index (κ1) is 18.0. The Labute approximate surface area is 156 Å². The zero-order chi connectivity index (χ0) is 18.7. The molecule has 3 rings (SSSR count). The fourth-order valence-corrected chi connectivity index (χ4v) is 4.07. The minimum atomic E-state index is -0.697. The highest BCUT2D eigenvalue weighted by Crippen LogP contribution is 2.36. The van der Waals surface area contributed by atoms with Gasteiger partial charge in [-0.25, -0.2) is 0 Å². The lowest BCUT2D eigenvalue weighted by molar-refractivity contribution is -0.129. The Kier molecular flexibility index (Phi) is 5.24. The Bertz CT molecular complexity index is 870. The van der Waals surface area contributed by atoms with Crippen LogP contribution in [-0.2, 0) is 22.6 Å². The molecule has 2 amide bonds. The van der Waals surface area contributed by atoms with Crippen molar-refractivity contribution in [2.24, 2.45) is 0 Å². The van der Waals surface area contributed by atoms with Crippen molar-refractivity contribution in [1.82, 2.24) is 4.90 Å². The molecule has 0 saturated heterocycles. The largest absolute Gasteiger partial charge is 0.481 e. The molecule has 1 atom stereocenters. The number of carbonyl (C=O) groups excluding carboxylic acids is 2. The van der Waals surface area contributed by atoms with Crippen molar-refractivity contribution >= 4 is 28.2 Å². The lowest BCUT2D eigenvalue weighted by Crippen LogP contribution is -2.33. The van der Waals surface area contributed by atoms with Gasteiger partial charge in [0.2, 0.25) is 5.91 Å². The van der Waals surface area contributed by atoms with Gasteiger partial charge in [-0.05, 0) is 31.0 Å². The second-order valence-electron chi connectivity index (χ2n) is 6.07. The average Bonchev–Trinajstić information content (AvgIpc) is 2.98. The highest BCUT2D eigenvalue weighted by Gasteiger charge is 2.27. The molecule has 1 aromatic heterocycles. The van der Waals surface area contributed by atoms with Crippen LogP contribution in [0.5, 0.6) is 5.75 Å². The summed E-state index contributed by atoms with van der Waals surface area (Å²) in [4.78, 5) is 26.8. The number of thiophene rings is 1. The molecule has 2 heterocycles. The SMILES string of the molecule is CC(=O)N1CCc2c(sc(NC(=O)C(C)Oc3ccccc3)c2C#N)C1. The third kappa shape index (κ3) is 3.70. The summed E-state index contributed by atoms with van der Waals surface area (Å²) in [7, 11) is 0. The molecule has 2 aromatic rings. The quantitative estimate of drug-likeness (QED) is 0.898. The van der Waals surface area contributed by atoms with Crippen LogP contribution in [0.2, 0.25) is 0 Å². The second-order valence-corrected chi connectivity index (χ2v) is 7.18. The molecule has 26 heavy (non-hydrogen) atoms. The van der Waals surface area contributed by atoms with Gasteiger partial charge in [0.1, 0.15) is 16.8 Å². The summed E-state index contributed by atoms with van der Waals surface area (Å²) in [6, 6.07) is 11.3. The molecule has 1 unspecified atom stereocenters. The van der Waals surface area contributed by atoms with E-state index in [2.05, 4.69) is 11.4 Å². The summed E-state index contributed by atoms with van der Waals surface area (Å²) in [6.07, 6.45) is -0.0722. The number of nitrogens with one attached hydrogen (secondary N) is 1. The van der Waals surface area contributed by atoms with Crippen molar-refractivity contribution < 1.29 is 14.3 Å². The van der Waals surface area contributed by atoms with Gasteiger partial charge in [0.25, 0.3) is 5.91 Å². The van der Waals surface area contributed by atoms with Crippen LogP contribution in [0.1, 0.15) is 29.9 Å². The van der Waals surface area contributed by atoms with Crippen molar-refractivity contribution in [3.63, 3.8) is 0 Å². The van der Waals surface area contributed by atoms with Gasteiger partial charge in [0, 0.05) is 18.3 Å². The molecule has 1 aliphatic heterocycles. The van der Waals surface area contributed by atoms with E-state index in [0.717, 1.165) is 10.4 Å². The minimum absolute atomic E-state index is 0.0121. The van der Waals surface area contributed by atoms with Crippen LogP contribution in [0.25, 0.3) is 0 Å². The van der Waals surface area contributed by atoms with Crippen LogP contribution in [0.15, 0.2) is 30.3 Å². The van der Waals surface area contributed by atoms with E-state index in [1.165, 1.54) is 18.3 Å². The first-order chi connectivity index (χ1) is 12.5. The van der Waals surface area contributed by atoms with Crippen LogP contribution in [0.3, 0.4) is 0 Å². The van der Waals surface area contributed by atoms with E-state index in [-0.39, 0.29) is 11.8 Å². The molecule has 1 aliphatic rings. The van der Waals surface area contributed by atoms with Crippen LogP contribution in [0.4, 0.5) is 5.00 Å². The Balaban J connectivity index is 1.74. The number of amides is 2. The third-order valence-corrected chi connectivity index (χ3v) is 5.41. The van der Waals surface area contributed by atoms with Crippen LogP contribution < -0.4 is 10.1 Å². The predicted octanol–water partition coefficient (Wildman–Crippen LogP) is 2.93. The topological polar surface area (TPSA) is 82.4 Å². The van der Waals surface area contributed by atoms with Crippen molar-refractivity contribution in [2.75, 3.05) is 11.9 Å². The van der Waals surface area contributed by atoms with Gasteiger partial charge in [-0.3, -0.25) is 9.59 Å². The van der Waals surface area contributed by atoms with E-state index in [0.29, 0.717) is 35.8 Å². The first-order valence-electron chi connectivity index (χ1n) is 8.32. The molecular weight excluding hydrogens is 350 g/mol. The van der Waals surface area contributed by atoms with E-state index in [1.54, 1.807) is 24.0 Å². The highest BCUT2D eigenvalue weighted by molar-refractivity contribution is 7.16. The van der Waals surface area contributed by atoms with Crippen LogP contribution in [0, 0.1) is 11.3 Å². The summed E-state index contributed by atoms with van der Waals surface area (Å²) in [5.74, 6) is 0.309. The molecular formula is C19H19N3O3S. The average molecular weight is 369 g/mol. The maximum absolute atomic E-state index is 12.5. The Morgan fingerprint density at radius 1 is 1.35 bits per heavy atom. The van der Waals surface area contributed by atoms with Crippen LogP contribution >= 0.6 is 11.3 Å². The van der Waals surface area contributed by atoms with Gasteiger partial charge in [-0.1, -0.05) is 18.2 Å².